The number of para-hydroxylation sites is 1. The average molecular weight is 343 g/mol. The molecule has 1 N–H and O–H groups in total. The molecule has 1 aliphatic rings. The number of nitrogens with one attached hydrogen (secondary N) is 1. The maximum absolute atomic E-state index is 10.8. The molecule has 1 aliphatic heterocycles. The number of hydrogen-bond donors (Lipinski definition) is 1. The molecular formula is C17H17N3O3S. The van der Waals surface area contributed by atoms with E-state index >= 15 is 0 Å². The van der Waals surface area contributed by atoms with Crippen LogP contribution in [0.15, 0.2) is 54.6 Å². The molecule has 0 bridgehead atoms. The van der Waals surface area contributed by atoms with E-state index < -0.39 is 4.92 Å². The number of nitro groups is 1. The van der Waals surface area contributed by atoms with E-state index in [1.807, 2.05) is 35.2 Å². The van der Waals surface area contributed by atoms with Gasteiger partial charge in [0, 0.05) is 29.9 Å². The van der Waals surface area contributed by atoms with Gasteiger partial charge in [-0.05, 0) is 42.9 Å². The average Bonchev–Trinajstić information content (AvgIpc) is 2.62. The molecule has 2 aromatic carbocycles. The molecule has 7 heteroatoms. The van der Waals surface area contributed by atoms with Gasteiger partial charge in [-0.1, -0.05) is 18.2 Å². The molecule has 0 aromatic heterocycles. The highest BCUT2D eigenvalue weighted by Crippen LogP contribution is 2.28. The van der Waals surface area contributed by atoms with Gasteiger partial charge >= 0.3 is 0 Å². The van der Waals surface area contributed by atoms with E-state index in [1.165, 1.54) is 12.1 Å². The van der Waals surface area contributed by atoms with Gasteiger partial charge in [-0.25, -0.2) is 0 Å². The lowest BCUT2D eigenvalue weighted by Gasteiger charge is -2.37. The van der Waals surface area contributed by atoms with Crippen LogP contribution < -0.4 is 5.32 Å². The lowest BCUT2D eigenvalue weighted by Crippen LogP contribution is -2.43. The van der Waals surface area contributed by atoms with Crippen LogP contribution in [0.5, 0.6) is 0 Å². The van der Waals surface area contributed by atoms with E-state index in [9.17, 15) is 10.1 Å². The minimum absolute atomic E-state index is 0.0612. The molecular weight excluding hydrogens is 326 g/mol. The van der Waals surface area contributed by atoms with Crippen LogP contribution in [0.2, 0.25) is 0 Å². The summed E-state index contributed by atoms with van der Waals surface area (Å²) in [5.74, 6) is 0. The third-order valence-electron chi connectivity index (χ3n) is 3.78. The fourth-order valence-electron chi connectivity index (χ4n) is 2.60. The maximum Gasteiger partial charge on any atom is 0.269 e. The number of thiocarbonyl (C=S) groups is 1. The van der Waals surface area contributed by atoms with Crippen LogP contribution in [-0.4, -0.2) is 28.1 Å². The van der Waals surface area contributed by atoms with Crippen molar-refractivity contribution in [2.24, 2.45) is 0 Å². The molecule has 0 spiro atoms. The summed E-state index contributed by atoms with van der Waals surface area (Å²) in [4.78, 5) is 12.4. The Kier molecular flexibility index (Phi) is 5.02. The zero-order valence-corrected chi connectivity index (χ0v) is 13.7. The number of benzene rings is 2. The van der Waals surface area contributed by atoms with Gasteiger partial charge in [0.1, 0.15) is 0 Å². The van der Waals surface area contributed by atoms with Crippen LogP contribution in [-0.2, 0) is 4.74 Å². The van der Waals surface area contributed by atoms with Crippen molar-refractivity contribution in [1.82, 2.24) is 4.90 Å². The van der Waals surface area contributed by atoms with E-state index in [0.29, 0.717) is 11.7 Å². The molecule has 0 unspecified atom stereocenters. The maximum atomic E-state index is 10.8. The lowest BCUT2D eigenvalue weighted by molar-refractivity contribution is -0.384. The van der Waals surface area contributed by atoms with E-state index in [0.717, 1.165) is 24.2 Å². The van der Waals surface area contributed by atoms with Crippen molar-refractivity contribution in [3.05, 3.63) is 70.3 Å². The normalized spacial score (nSPS) is 17.3. The summed E-state index contributed by atoms with van der Waals surface area (Å²) >= 11 is 5.53. The third kappa shape index (κ3) is 3.69. The van der Waals surface area contributed by atoms with Gasteiger partial charge in [0.25, 0.3) is 5.69 Å². The zero-order chi connectivity index (χ0) is 16.9. The zero-order valence-electron chi connectivity index (χ0n) is 12.9. The van der Waals surface area contributed by atoms with Gasteiger partial charge in [0.2, 0.25) is 0 Å². The van der Waals surface area contributed by atoms with Crippen molar-refractivity contribution < 1.29 is 9.66 Å². The van der Waals surface area contributed by atoms with Crippen molar-refractivity contribution in [3.8, 4) is 0 Å². The quantitative estimate of drug-likeness (QED) is 0.520. The Morgan fingerprint density at radius 2 is 1.92 bits per heavy atom. The van der Waals surface area contributed by atoms with Gasteiger partial charge in [-0.15, -0.1) is 0 Å². The molecule has 124 valence electrons. The third-order valence-corrected chi connectivity index (χ3v) is 4.11. The smallest absolute Gasteiger partial charge is 0.269 e. The van der Waals surface area contributed by atoms with Crippen LogP contribution in [0.4, 0.5) is 11.4 Å². The lowest BCUT2D eigenvalue weighted by atomic mass is 10.1. The topological polar surface area (TPSA) is 67.6 Å². The molecule has 0 amide bonds. The van der Waals surface area contributed by atoms with E-state index in [-0.39, 0.29) is 11.9 Å². The van der Waals surface area contributed by atoms with E-state index in [2.05, 4.69) is 5.32 Å². The second-order valence-corrected chi connectivity index (χ2v) is 5.80. The molecule has 0 aliphatic carbocycles. The molecule has 1 fully saturated rings. The number of non-ortho nitro benzene ring substituents is 1. The van der Waals surface area contributed by atoms with Crippen molar-refractivity contribution in [1.29, 1.82) is 0 Å². The highest BCUT2D eigenvalue weighted by atomic mass is 32.1. The van der Waals surface area contributed by atoms with Gasteiger partial charge in [-0.3, -0.25) is 10.1 Å². The summed E-state index contributed by atoms with van der Waals surface area (Å²) in [6.45, 7) is 1.40. The predicted octanol–water partition coefficient (Wildman–Crippen LogP) is 3.71. The minimum Gasteiger partial charge on any atom is -0.354 e. The molecule has 1 heterocycles. The summed E-state index contributed by atoms with van der Waals surface area (Å²) in [5, 5.41) is 14.6. The second-order valence-electron chi connectivity index (χ2n) is 5.41. The van der Waals surface area contributed by atoms with Crippen molar-refractivity contribution in [2.75, 3.05) is 18.5 Å². The molecule has 0 radical (unpaired) electrons. The summed E-state index contributed by atoms with van der Waals surface area (Å²) in [5.41, 5.74) is 1.82. The van der Waals surface area contributed by atoms with E-state index in [4.69, 9.17) is 17.0 Å². The fourth-order valence-corrected chi connectivity index (χ4v) is 2.90. The number of nitrogens with zero attached hydrogens (tertiary/aromatic N) is 2. The Labute approximate surface area is 145 Å². The monoisotopic (exact) mass is 343 g/mol. The number of ether oxygens (including phenoxy) is 1. The first kappa shape index (κ1) is 16.4. The Morgan fingerprint density at radius 3 is 2.58 bits per heavy atom. The van der Waals surface area contributed by atoms with Crippen LogP contribution in [0.3, 0.4) is 0 Å². The Balaban J connectivity index is 1.77. The summed E-state index contributed by atoms with van der Waals surface area (Å²) in [6, 6.07) is 16.1. The molecule has 24 heavy (non-hydrogen) atoms. The second kappa shape index (κ2) is 7.37. The van der Waals surface area contributed by atoms with Crippen molar-refractivity contribution in [3.63, 3.8) is 0 Å². The molecule has 1 saturated heterocycles. The van der Waals surface area contributed by atoms with Crippen molar-refractivity contribution in [2.45, 2.75) is 12.6 Å². The highest BCUT2D eigenvalue weighted by Gasteiger charge is 2.27. The predicted molar refractivity (Wildman–Crippen MR) is 95.8 cm³/mol. The van der Waals surface area contributed by atoms with Crippen LogP contribution in [0, 0.1) is 10.1 Å². The first-order valence-corrected chi connectivity index (χ1v) is 8.04. The first-order chi connectivity index (χ1) is 11.6. The summed E-state index contributed by atoms with van der Waals surface area (Å²) in [7, 11) is 0. The molecule has 2 aromatic rings. The van der Waals surface area contributed by atoms with Crippen LogP contribution >= 0.6 is 12.2 Å². The first-order valence-electron chi connectivity index (χ1n) is 7.64. The van der Waals surface area contributed by atoms with Gasteiger partial charge in [0.15, 0.2) is 11.3 Å². The SMILES string of the molecule is O=[N+]([O-])c1ccc([C@@H]2OCCCN2C(=S)Nc2ccccc2)cc1. The molecule has 0 saturated carbocycles. The highest BCUT2D eigenvalue weighted by molar-refractivity contribution is 7.80. The largest absolute Gasteiger partial charge is 0.354 e. The molecule has 1 atom stereocenters. The Bertz CT molecular complexity index is 722. The number of hydrogen-bond acceptors (Lipinski definition) is 4. The van der Waals surface area contributed by atoms with Gasteiger partial charge in [-0.2, -0.15) is 0 Å². The van der Waals surface area contributed by atoms with Gasteiger partial charge < -0.3 is 15.0 Å². The van der Waals surface area contributed by atoms with Crippen LogP contribution in [0.1, 0.15) is 18.2 Å². The molecule has 3 rings (SSSR count). The Morgan fingerprint density at radius 1 is 1.21 bits per heavy atom. The van der Waals surface area contributed by atoms with Gasteiger partial charge in [0.05, 0.1) is 11.5 Å². The fraction of sp³-hybridized carbons (Fsp3) is 0.235. The Hall–Kier alpha value is -2.51. The standard InChI is InChI=1S/C17H17N3O3S/c21-20(22)15-9-7-13(8-10-15)16-19(11-4-12-23-16)17(24)18-14-5-2-1-3-6-14/h1-3,5-10,16H,4,11-12H2,(H,18,24)/t16-/m0/s1. The van der Waals surface area contributed by atoms with E-state index in [1.54, 1.807) is 12.1 Å². The summed E-state index contributed by atoms with van der Waals surface area (Å²) < 4.78 is 5.86. The molecule has 6 nitrogen and oxygen atoms in total. The number of nitro benzene ring substituents is 1. The minimum atomic E-state index is -0.412. The number of anilines is 1. The van der Waals surface area contributed by atoms with Crippen LogP contribution in [0.25, 0.3) is 0 Å². The number of rotatable bonds is 3. The van der Waals surface area contributed by atoms with Crippen molar-refractivity contribution >= 4 is 28.7 Å². The summed E-state index contributed by atoms with van der Waals surface area (Å²) in [6.07, 6.45) is 0.531.